The number of nitrogens with zero attached hydrogens (tertiary/aromatic N) is 1. The molecule has 0 fully saturated rings. The summed E-state index contributed by atoms with van der Waals surface area (Å²) in [5.74, 6) is 2.30. The van der Waals surface area contributed by atoms with Gasteiger partial charge < -0.3 is 14.7 Å². The monoisotopic (exact) mass is 393 g/mol. The standard InChI is InChI=1S/C26H35NO2/c1-8-10-11-23-17-26(29-23)21(7)25-16-22(14-18(3)4)12-13-27(25)24(9-2)19(5)15-20(6)28/h10-13,15-16,18,24-25,28H,5,7-9,14H2,1-4,6H3/b11-10-,20-15+. The second kappa shape index (κ2) is 10.2. The molecule has 3 heteroatoms. The van der Waals surface area contributed by atoms with Gasteiger partial charge in [-0.1, -0.05) is 53.0 Å². The van der Waals surface area contributed by atoms with Gasteiger partial charge in [-0.15, -0.1) is 0 Å². The van der Waals surface area contributed by atoms with Crippen LogP contribution in [0.5, 0.6) is 0 Å². The van der Waals surface area contributed by atoms with Gasteiger partial charge in [0.2, 0.25) is 0 Å². The van der Waals surface area contributed by atoms with Gasteiger partial charge >= 0.3 is 0 Å². The van der Waals surface area contributed by atoms with Crippen LogP contribution in [0.2, 0.25) is 0 Å². The van der Waals surface area contributed by atoms with E-state index in [2.05, 4.69) is 75.9 Å². The third-order valence-corrected chi connectivity index (χ3v) is 4.97. The van der Waals surface area contributed by atoms with Crippen LogP contribution >= 0.6 is 0 Å². The van der Waals surface area contributed by atoms with Gasteiger partial charge in [0.1, 0.15) is 0 Å². The van der Waals surface area contributed by atoms with Crippen molar-refractivity contribution in [3.63, 3.8) is 0 Å². The van der Waals surface area contributed by atoms with Crippen molar-refractivity contribution in [2.75, 3.05) is 0 Å². The summed E-state index contributed by atoms with van der Waals surface area (Å²) in [6, 6.07) is 0.0121. The fourth-order valence-electron chi connectivity index (χ4n) is 3.64. The largest absolute Gasteiger partial charge is 0.513 e. The molecule has 2 aliphatic rings. The molecule has 2 unspecified atom stereocenters. The van der Waals surface area contributed by atoms with E-state index in [0.29, 0.717) is 11.7 Å². The summed E-state index contributed by atoms with van der Waals surface area (Å²) in [5, 5.41) is 9.71. The number of rotatable bonds is 10. The van der Waals surface area contributed by atoms with Gasteiger partial charge in [-0.3, -0.25) is 0 Å². The van der Waals surface area contributed by atoms with Gasteiger partial charge in [-0.25, -0.2) is 0 Å². The van der Waals surface area contributed by atoms with Crippen molar-refractivity contribution in [2.24, 2.45) is 5.92 Å². The molecule has 0 bridgehead atoms. The zero-order chi connectivity index (χ0) is 21.6. The molecule has 156 valence electrons. The summed E-state index contributed by atoms with van der Waals surface area (Å²) in [7, 11) is 0. The Labute approximate surface area is 176 Å². The first-order chi connectivity index (χ1) is 13.8. The van der Waals surface area contributed by atoms with Crippen LogP contribution in [0.25, 0.3) is 0 Å². The highest BCUT2D eigenvalue weighted by atomic mass is 16.5. The Hall–Kier alpha value is -2.64. The number of ether oxygens (including phenoxy) is 1. The number of aliphatic hydroxyl groups excluding tert-OH is 1. The predicted molar refractivity (Wildman–Crippen MR) is 122 cm³/mol. The maximum atomic E-state index is 9.71. The van der Waals surface area contributed by atoms with E-state index in [9.17, 15) is 5.11 Å². The molecule has 2 atom stereocenters. The molecule has 2 rings (SSSR count). The molecule has 2 aliphatic heterocycles. The number of allylic oxidation sites excluding steroid dienone is 4. The van der Waals surface area contributed by atoms with E-state index in [4.69, 9.17) is 4.74 Å². The third-order valence-electron chi connectivity index (χ3n) is 4.97. The Balaban J connectivity index is 2.36. The minimum Gasteiger partial charge on any atom is -0.513 e. The van der Waals surface area contributed by atoms with Gasteiger partial charge in [-0.2, -0.15) is 0 Å². The lowest BCUT2D eigenvalue weighted by Gasteiger charge is -2.40. The fourth-order valence-corrected chi connectivity index (χ4v) is 3.64. The summed E-state index contributed by atoms with van der Waals surface area (Å²) < 4.78 is 5.84. The molecule has 0 radical (unpaired) electrons. The van der Waals surface area contributed by atoms with E-state index in [1.807, 2.05) is 6.08 Å². The van der Waals surface area contributed by atoms with Crippen molar-refractivity contribution in [3.8, 4) is 0 Å². The maximum Gasteiger partial charge on any atom is 0.179 e. The molecule has 0 aromatic rings. The summed E-state index contributed by atoms with van der Waals surface area (Å²) in [6.45, 7) is 18.9. The summed E-state index contributed by atoms with van der Waals surface area (Å²) in [6.07, 6.45) is 15.2. The second-order valence-electron chi connectivity index (χ2n) is 8.09. The normalized spacial score (nSPS) is 20.1. The third kappa shape index (κ3) is 5.92. The van der Waals surface area contributed by atoms with E-state index >= 15 is 0 Å². The Kier molecular flexibility index (Phi) is 7.99. The predicted octanol–water partition coefficient (Wildman–Crippen LogP) is 6.87. The number of hydrogen-bond acceptors (Lipinski definition) is 3. The van der Waals surface area contributed by atoms with E-state index in [1.165, 1.54) is 5.57 Å². The highest BCUT2D eigenvalue weighted by Gasteiger charge is 2.31. The van der Waals surface area contributed by atoms with Crippen LogP contribution in [0.3, 0.4) is 0 Å². The lowest BCUT2D eigenvalue weighted by Crippen LogP contribution is -2.42. The van der Waals surface area contributed by atoms with Gasteiger partial charge in [0, 0.05) is 11.8 Å². The summed E-state index contributed by atoms with van der Waals surface area (Å²) in [4.78, 5) is 2.26. The summed E-state index contributed by atoms with van der Waals surface area (Å²) in [5.41, 5.74) is 6.34. The molecule has 3 nitrogen and oxygen atoms in total. The average Bonchev–Trinajstić information content (AvgIpc) is 2.60. The summed E-state index contributed by atoms with van der Waals surface area (Å²) >= 11 is 0. The van der Waals surface area contributed by atoms with Crippen molar-refractivity contribution in [3.05, 3.63) is 89.5 Å². The minimum absolute atomic E-state index is 0.0398. The van der Waals surface area contributed by atoms with E-state index < -0.39 is 0 Å². The Morgan fingerprint density at radius 2 is 2.03 bits per heavy atom. The fraction of sp³-hybridized carbons (Fsp3) is 0.423. The Bertz CT molecular complexity index is 825. The average molecular weight is 394 g/mol. The van der Waals surface area contributed by atoms with E-state index in [1.54, 1.807) is 13.0 Å². The van der Waals surface area contributed by atoms with Crippen LogP contribution in [0.4, 0.5) is 0 Å². The first-order valence-electron chi connectivity index (χ1n) is 10.5. The Morgan fingerprint density at radius 3 is 2.59 bits per heavy atom. The van der Waals surface area contributed by atoms with Gasteiger partial charge in [0.25, 0.3) is 0 Å². The van der Waals surface area contributed by atoms with Crippen LogP contribution in [0, 0.1) is 5.92 Å². The van der Waals surface area contributed by atoms with E-state index in [-0.39, 0.29) is 17.8 Å². The van der Waals surface area contributed by atoms with Crippen LogP contribution < -0.4 is 0 Å². The van der Waals surface area contributed by atoms with Crippen molar-refractivity contribution in [1.82, 2.24) is 4.90 Å². The zero-order valence-electron chi connectivity index (χ0n) is 18.5. The molecule has 1 N–H and O–H groups in total. The number of hydrogen-bond donors (Lipinski definition) is 1. The minimum atomic E-state index is -0.0398. The molecule has 29 heavy (non-hydrogen) atoms. The highest BCUT2D eigenvalue weighted by Crippen LogP contribution is 2.34. The van der Waals surface area contributed by atoms with Crippen LogP contribution in [0.1, 0.15) is 53.9 Å². The molecular weight excluding hydrogens is 358 g/mol. The smallest absolute Gasteiger partial charge is 0.179 e. The van der Waals surface area contributed by atoms with Crippen molar-refractivity contribution < 1.29 is 9.84 Å². The van der Waals surface area contributed by atoms with Crippen LogP contribution in [-0.4, -0.2) is 22.1 Å². The molecule has 0 aromatic carbocycles. The zero-order valence-corrected chi connectivity index (χ0v) is 18.5. The lowest BCUT2D eigenvalue weighted by atomic mass is 9.91. The van der Waals surface area contributed by atoms with Gasteiger partial charge in [-0.05, 0) is 67.2 Å². The van der Waals surface area contributed by atoms with Crippen molar-refractivity contribution >= 4 is 0 Å². The van der Waals surface area contributed by atoms with Crippen molar-refractivity contribution in [1.29, 1.82) is 0 Å². The molecule has 0 saturated carbocycles. The molecule has 0 saturated heterocycles. The molecule has 0 spiro atoms. The quantitative estimate of drug-likeness (QED) is 0.250. The topological polar surface area (TPSA) is 32.7 Å². The molecule has 2 heterocycles. The van der Waals surface area contributed by atoms with Crippen molar-refractivity contribution in [2.45, 2.75) is 66.0 Å². The SMILES string of the molecule is C=C(C1=C=C(/C=C\CC)O1)C1C=C(CC(C)C)C=CN1C(CC)C(=C)/C=C(\C)O. The van der Waals surface area contributed by atoms with Gasteiger partial charge in [0.05, 0.1) is 17.8 Å². The maximum absolute atomic E-state index is 9.71. The lowest BCUT2D eigenvalue weighted by molar-refractivity contribution is 0.249. The Morgan fingerprint density at radius 1 is 1.34 bits per heavy atom. The molecule has 0 amide bonds. The molecular formula is C26H35NO2. The molecule has 0 aliphatic carbocycles. The van der Waals surface area contributed by atoms with E-state index in [0.717, 1.165) is 36.2 Å². The first-order valence-corrected chi connectivity index (χ1v) is 10.5. The highest BCUT2D eigenvalue weighted by molar-refractivity contribution is 5.44. The number of aliphatic hydroxyl groups is 1. The van der Waals surface area contributed by atoms with Crippen LogP contribution in [0.15, 0.2) is 89.5 Å². The van der Waals surface area contributed by atoms with Gasteiger partial charge in [0.15, 0.2) is 11.5 Å². The first kappa shape index (κ1) is 22.6. The second-order valence-corrected chi connectivity index (χ2v) is 8.09. The molecule has 0 aromatic heterocycles. The van der Waals surface area contributed by atoms with Crippen LogP contribution in [-0.2, 0) is 4.74 Å².